The standard InChI is InChI=1S/C11H22N2O4/c1-2-17-11(16)9(12)10(15)13-7-5-3-4-6-8-14/h9,14H,2-8,12H2,1H3,(H,13,15). The van der Waals surface area contributed by atoms with E-state index in [2.05, 4.69) is 10.1 Å². The molecule has 1 unspecified atom stereocenters. The van der Waals surface area contributed by atoms with Crippen LogP contribution in [0.25, 0.3) is 0 Å². The fraction of sp³-hybridized carbons (Fsp3) is 0.818. The number of aliphatic hydroxyl groups is 1. The molecule has 6 nitrogen and oxygen atoms in total. The lowest BCUT2D eigenvalue weighted by Gasteiger charge is -2.10. The molecule has 0 bridgehead atoms. The average molecular weight is 246 g/mol. The van der Waals surface area contributed by atoms with Gasteiger partial charge in [-0.25, -0.2) is 4.79 Å². The summed E-state index contributed by atoms with van der Waals surface area (Å²) in [6, 6.07) is -1.24. The number of hydrogen-bond donors (Lipinski definition) is 3. The molecule has 0 aromatic carbocycles. The molecule has 0 aromatic rings. The second-order valence-corrected chi connectivity index (χ2v) is 3.66. The molecule has 0 aromatic heterocycles. The lowest BCUT2D eigenvalue weighted by Crippen LogP contribution is -2.47. The number of hydrogen-bond acceptors (Lipinski definition) is 5. The van der Waals surface area contributed by atoms with Crippen molar-refractivity contribution in [3.8, 4) is 0 Å². The lowest BCUT2D eigenvalue weighted by atomic mass is 10.2. The first kappa shape index (κ1) is 15.9. The second-order valence-electron chi connectivity index (χ2n) is 3.66. The molecule has 100 valence electrons. The minimum atomic E-state index is -1.24. The summed E-state index contributed by atoms with van der Waals surface area (Å²) in [5.74, 6) is -1.21. The Kier molecular flexibility index (Phi) is 9.37. The van der Waals surface area contributed by atoms with E-state index >= 15 is 0 Å². The molecule has 0 heterocycles. The molecule has 6 heteroatoms. The number of carbonyl (C=O) groups excluding carboxylic acids is 2. The monoisotopic (exact) mass is 246 g/mol. The Labute approximate surface area is 102 Å². The topological polar surface area (TPSA) is 102 Å². The van der Waals surface area contributed by atoms with Crippen LogP contribution in [0.1, 0.15) is 32.6 Å². The first-order valence-electron chi connectivity index (χ1n) is 5.94. The summed E-state index contributed by atoms with van der Waals surface area (Å²) >= 11 is 0. The number of carbonyl (C=O) groups is 2. The number of aliphatic hydroxyl groups excluding tert-OH is 1. The van der Waals surface area contributed by atoms with Gasteiger partial charge in [-0.3, -0.25) is 4.79 Å². The van der Waals surface area contributed by atoms with Crippen LogP contribution in [0.5, 0.6) is 0 Å². The predicted octanol–water partition coefficient (Wildman–Crippen LogP) is -0.454. The van der Waals surface area contributed by atoms with Gasteiger partial charge in [0.1, 0.15) is 0 Å². The molecular weight excluding hydrogens is 224 g/mol. The van der Waals surface area contributed by atoms with Crippen LogP contribution in [0, 0.1) is 0 Å². The molecule has 0 radical (unpaired) electrons. The number of ether oxygens (including phenoxy) is 1. The van der Waals surface area contributed by atoms with Gasteiger partial charge in [0, 0.05) is 13.2 Å². The Morgan fingerprint density at radius 1 is 1.29 bits per heavy atom. The van der Waals surface area contributed by atoms with Gasteiger partial charge in [0.05, 0.1) is 6.61 Å². The van der Waals surface area contributed by atoms with E-state index in [1.54, 1.807) is 6.92 Å². The van der Waals surface area contributed by atoms with Gasteiger partial charge in [-0.15, -0.1) is 0 Å². The van der Waals surface area contributed by atoms with Crippen molar-refractivity contribution in [1.29, 1.82) is 0 Å². The Balaban J connectivity index is 3.60. The van der Waals surface area contributed by atoms with E-state index in [-0.39, 0.29) is 13.2 Å². The van der Waals surface area contributed by atoms with Gasteiger partial charge in [-0.1, -0.05) is 12.8 Å². The summed E-state index contributed by atoms with van der Waals surface area (Å²) < 4.78 is 4.63. The second kappa shape index (κ2) is 10.0. The zero-order valence-corrected chi connectivity index (χ0v) is 10.3. The average Bonchev–Trinajstić information content (AvgIpc) is 2.32. The highest BCUT2D eigenvalue weighted by Crippen LogP contribution is 1.97. The Morgan fingerprint density at radius 3 is 2.53 bits per heavy atom. The zero-order chi connectivity index (χ0) is 13.1. The Hall–Kier alpha value is -1.14. The van der Waals surface area contributed by atoms with Crippen molar-refractivity contribution in [2.75, 3.05) is 19.8 Å². The van der Waals surface area contributed by atoms with E-state index in [9.17, 15) is 9.59 Å². The highest BCUT2D eigenvalue weighted by atomic mass is 16.5. The largest absolute Gasteiger partial charge is 0.464 e. The normalized spacial score (nSPS) is 11.9. The summed E-state index contributed by atoms with van der Waals surface area (Å²) in [6.45, 7) is 2.54. The van der Waals surface area contributed by atoms with Gasteiger partial charge in [-0.05, 0) is 19.8 Å². The number of esters is 1. The first-order chi connectivity index (χ1) is 8.13. The van der Waals surface area contributed by atoms with Gasteiger partial charge in [0.15, 0.2) is 6.04 Å². The van der Waals surface area contributed by atoms with E-state index in [1.807, 2.05) is 0 Å². The quantitative estimate of drug-likeness (QED) is 0.290. The van der Waals surface area contributed by atoms with E-state index in [0.29, 0.717) is 6.54 Å². The van der Waals surface area contributed by atoms with Crippen molar-refractivity contribution >= 4 is 11.9 Å². The van der Waals surface area contributed by atoms with Crippen molar-refractivity contribution in [2.45, 2.75) is 38.6 Å². The summed E-state index contributed by atoms with van der Waals surface area (Å²) in [5, 5.41) is 11.1. The SMILES string of the molecule is CCOC(=O)C(N)C(=O)NCCCCCCO. The van der Waals surface area contributed by atoms with E-state index in [0.717, 1.165) is 25.7 Å². The molecule has 4 N–H and O–H groups in total. The van der Waals surface area contributed by atoms with Crippen LogP contribution in [-0.2, 0) is 14.3 Å². The number of amides is 1. The number of nitrogens with two attached hydrogens (primary N) is 1. The molecule has 1 amide bonds. The first-order valence-corrected chi connectivity index (χ1v) is 5.94. The molecule has 0 aliphatic carbocycles. The van der Waals surface area contributed by atoms with E-state index < -0.39 is 17.9 Å². The number of unbranched alkanes of at least 4 members (excludes halogenated alkanes) is 3. The molecule has 0 aliphatic rings. The minimum Gasteiger partial charge on any atom is -0.464 e. The third-order valence-electron chi connectivity index (χ3n) is 2.21. The molecule has 1 atom stereocenters. The maximum Gasteiger partial charge on any atom is 0.332 e. The smallest absolute Gasteiger partial charge is 0.332 e. The molecule has 0 spiro atoms. The predicted molar refractivity (Wildman–Crippen MR) is 63.2 cm³/mol. The summed E-state index contributed by atoms with van der Waals surface area (Å²) in [5.41, 5.74) is 5.39. The summed E-state index contributed by atoms with van der Waals surface area (Å²) in [6.07, 6.45) is 3.43. The van der Waals surface area contributed by atoms with Crippen molar-refractivity contribution in [2.24, 2.45) is 5.73 Å². The van der Waals surface area contributed by atoms with Crippen LogP contribution >= 0.6 is 0 Å². The number of nitrogens with one attached hydrogen (secondary N) is 1. The zero-order valence-electron chi connectivity index (χ0n) is 10.3. The van der Waals surface area contributed by atoms with Crippen LogP contribution in [-0.4, -0.2) is 42.8 Å². The van der Waals surface area contributed by atoms with Crippen LogP contribution in [0.2, 0.25) is 0 Å². The van der Waals surface area contributed by atoms with Gasteiger partial charge in [-0.2, -0.15) is 0 Å². The van der Waals surface area contributed by atoms with Crippen LogP contribution < -0.4 is 11.1 Å². The lowest BCUT2D eigenvalue weighted by molar-refractivity contribution is -0.147. The fourth-order valence-corrected chi connectivity index (χ4v) is 1.25. The highest BCUT2D eigenvalue weighted by Gasteiger charge is 2.22. The maximum atomic E-state index is 11.4. The van der Waals surface area contributed by atoms with Gasteiger partial charge >= 0.3 is 5.97 Å². The molecule has 0 rings (SSSR count). The molecule has 0 saturated carbocycles. The molecule has 0 aliphatic heterocycles. The van der Waals surface area contributed by atoms with E-state index in [4.69, 9.17) is 10.8 Å². The highest BCUT2D eigenvalue weighted by molar-refractivity contribution is 6.01. The van der Waals surface area contributed by atoms with Crippen LogP contribution in [0.15, 0.2) is 0 Å². The minimum absolute atomic E-state index is 0.195. The third kappa shape index (κ3) is 7.70. The van der Waals surface area contributed by atoms with E-state index in [1.165, 1.54) is 0 Å². The molecule has 0 saturated heterocycles. The van der Waals surface area contributed by atoms with Crippen molar-refractivity contribution in [3.63, 3.8) is 0 Å². The van der Waals surface area contributed by atoms with Crippen LogP contribution in [0.4, 0.5) is 0 Å². The van der Waals surface area contributed by atoms with Gasteiger partial charge in [0.2, 0.25) is 5.91 Å². The molecule has 0 fully saturated rings. The fourth-order valence-electron chi connectivity index (χ4n) is 1.25. The van der Waals surface area contributed by atoms with Crippen LogP contribution in [0.3, 0.4) is 0 Å². The Morgan fingerprint density at radius 2 is 1.94 bits per heavy atom. The maximum absolute atomic E-state index is 11.4. The van der Waals surface area contributed by atoms with Gasteiger partial charge in [0.25, 0.3) is 0 Å². The Bertz CT molecular complexity index is 234. The molecule has 17 heavy (non-hydrogen) atoms. The van der Waals surface area contributed by atoms with Gasteiger partial charge < -0.3 is 20.9 Å². The van der Waals surface area contributed by atoms with Crippen molar-refractivity contribution < 1.29 is 19.4 Å². The summed E-state index contributed by atoms with van der Waals surface area (Å²) in [7, 11) is 0. The summed E-state index contributed by atoms with van der Waals surface area (Å²) in [4.78, 5) is 22.5. The third-order valence-corrected chi connectivity index (χ3v) is 2.21. The molecular formula is C11H22N2O4. The van der Waals surface area contributed by atoms with Crippen molar-refractivity contribution in [1.82, 2.24) is 5.32 Å². The van der Waals surface area contributed by atoms with Crippen molar-refractivity contribution in [3.05, 3.63) is 0 Å². The number of rotatable bonds is 9.